The molecule has 1 rings (SSSR count). The minimum atomic E-state index is -0.853. The van der Waals surface area contributed by atoms with Gasteiger partial charge in [0, 0.05) is 19.6 Å². The van der Waals surface area contributed by atoms with Gasteiger partial charge in [0.25, 0.3) is 0 Å². The van der Waals surface area contributed by atoms with Gasteiger partial charge in [-0.05, 0) is 5.92 Å². The lowest BCUT2D eigenvalue weighted by atomic mass is 10.2. The van der Waals surface area contributed by atoms with Crippen molar-refractivity contribution in [2.24, 2.45) is 5.92 Å². The van der Waals surface area contributed by atoms with Gasteiger partial charge in [-0.2, -0.15) is 0 Å². The SMILES string of the molecule is CC(C)CN1CCO[C@H](C(=O)O)C1. The van der Waals surface area contributed by atoms with Crippen molar-refractivity contribution in [3.05, 3.63) is 0 Å². The van der Waals surface area contributed by atoms with Gasteiger partial charge < -0.3 is 9.84 Å². The Balaban J connectivity index is 2.37. The van der Waals surface area contributed by atoms with Gasteiger partial charge in [-0.15, -0.1) is 0 Å². The molecule has 0 amide bonds. The van der Waals surface area contributed by atoms with Crippen LogP contribution in [0.25, 0.3) is 0 Å². The summed E-state index contributed by atoms with van der Waals surface area (Å²) in [7, 11) is 0. The lowest BCUT2D eigenvalue weighted by Gasteiger charge is -2.31. The molecule has 0 bridgehead atoms. The Labute approximate surface area is 78.5 Å². The molecule has 1 N–H and O–H groups in total. The first-order valence-electron chi connectivity index (χ1n) is 4.66. The maximum Gasteiger partial charge on any atom is 0.334 e. The van der Waals surface area contributed by atoms with E-state index in [1.54, 1.807) is 0 Å². The largest absolute Gasteiger partial charge is 0.479 e. The van der Waals surface area contributed by atoms with Crippen LogP contribution in [-0.2, 0) is 9.53 Å². The van der Waals surface area contributed by atoms with Crippen LogP contribution in [-0.4, -0.2) is 48.3 Å². The summed E-state index contributed by atoms with van der Waals surface area (Å²) in [6.07, 6.45) is -0.632. The molecule has 13 heavy (non-hydrogen) atoms. The normalized spacial score (nSPS) is 25.0. The maximum absolute atomic E-state index is 10.6. The molecule has 0 radical (unpaired) electrons. The Morgan fingerprint density at radius 3 is 2.92 bits per heavy atom. The van der Waals surface area contributed by atoms with Crippen LogP contribution in [0.1, 0.15) is 13.8 Å². The van der Waals surface area contributed by atoms with E-state index >= 15 is 0 Å². The molecule has 76 valence electrons. The van der Waals surface area contributed by atoms with E-state index in [0.29, 0.717) is 19.1 Å². The van der Waals surface area contributed by atoms with Crippen molar-refractivity contribution in [3.63, 3.8) is 0 Å². The molecule has 0 aliphatic carbocycles. The Hall–Kier alpha value is -0.610. The molecule has 1 heterocycles. The predicted octanol–water partition coefficient (Wildman–Crippen LogP) is 0.428. The summed E-state index contributed by atoms with van der Waals surface area (Å²) < 4.78 is 5.11. The fourth-order valence-electron chi connectivity index (χ4n) is 1.53. The van der Waals surface area contributed by atoms with Crippen LogP contribution in [0.2, 0.25) is 0 Å². The number of morpholine rings is 1. The van der Waals surface area contributed by atoms with E-state index in [1.165, 1.54) is 0 Å². The molecule has 0 saturated carbocycles. The molecule has 1 saturated heterocycles. The molecule has 1 aliphatic heterocycles. The summed E-state index contributed by atoms with van der Waals surface area (Å²) in [4.78, 5) is 12.8. The van der Waals surface area contributed by atoms with E-state index in [-0.39, 0.29) is 0 Å². The molecular formula is C9H17NO3. The Bertz CT molecular complexity index is 182. The second-order valence-corrected chi connectivity index (χ2v) is 3.85. The number of hydrogen-bond acceptors (Lipinski definition) is 3. The monoisotopic (exact) mass is 187 g/mol. The number of rotatable bonds is 3. The summed E-state index contributed by atoms with van der Waals surface area (Å²) in [5, 5.41) is 8.74. The highest BCUT2D eigenvalue weighted by Gasteiger charge is 2.25. The van der Waals surface area contributed by atoms with Crippen LogP contribution in [0.4, 0.5) is 0 Å². The van der Waals surface area contributed by atoms with E-state index in [1.807, 2.05) is 0 Å². The Morgan fingerprint density at radius 2 is 2.38 bits per heavy atom. The van der Waals surface area contributed by atoms with E-state index in [2.05, 4.69) is 18.7 Å². The lowest BCUT2D eigenvalue weighted by Crippen LogP contribution is -2.47. The smallest absolute Gasteiger partial charge is 0.334 e. The second-order valence-electron chi connectivity index (χ2n) is 3.85. The minimum absolute atomic E-state index is 0.521. The molecule has 0 aromatic rings. The fourth-order valence-corrected chi connectivity index (χ4v) is 1.53. The molecule has 1 atom stereocenters. The first kappa shape index (κ1) is 10.5. The zero-order valence-corrected chi connectivity index (χ0v) is 8.19. The van der Waals surface area contributed by atoms with Crippen molar-refractivity contribution in [1.82, 2.24) is 4.90 Å². The molecule has 0 aromatic heterocycles. The molecule has 4 heteroatoms. The first-order chi connectivity index (χ1) is 6.09. The highest BCUT2D eigenvalue weighted by molar-refractivity contribution is 5.72. The van der Waals surface area contributed by atoms with Gasteiger partial charge in [-0.25, -0.2) is 4.79 Å². The van der Waals surface area contributed by atoms with Gasteiger partial charge in [-0.3, -0.25) is 4.90 Å². The van der Waals surface area contributed by atoms with Gasteiger partial charge in [-0.1, -0.05) is 13.8 Å². The van der Waals surface area contributed by atoms with Crippen LogP contribution in [0, 0.1) is 5.92 Å². The molecule has 4 nitrogen and oxygen atoms in total. The maximum atomic E-state index is 10.6. The highest BCUT2D eigenvalue weighted by atomic mass is 16.5. The molecule has 1 fully saturated rings. The Kier molecular flexibility index (Phi) is 3.69. The molecule has 0 spiro atoms. The fraction of sp³-hybridized carbons (Fsp3) is 0.889. The third kappa shape index (κ3) is 3.32. The summed E-state index contributed by atoms with van der Waals surface area (Å²) in [5.41, 5.74) is 0. The van der Waals surface area contributed by atoms with Gasteiger partial charge in [0.15, 0.2) is 6.10 Å². The number of carboxylic acid groups (broad SMARTS) is 1. The number of nitrogens with zero attached hydrogens (tertiary/aromatic N) is 1. The van der Waals surface area contributed by atoms with Gasteiger partial charge in [0.1, 0.15) is 0 Å². The Morgan fingerprint density at radius 1 is 1.69 bits per heavy atom. The van der Waals surface area contributed by atoms with Crippen LogP contribution < -0.4 is 0 Å². The van der Waals surface area contributed by atoms with Gasteiger partial charge >= 0.3 is 5.97 Å². The molecule has 0 unspecified atom stereocenters. The van der Waals surface area contributed by atoms with Crippen molar-refractivity contribution < 1.29 is 14.6 Å². The van der Waals surface area contributed by atoms with Gasteiger partial charge in [0.05, 0.1) is 6.61 Å². The summed E-state index contributed by atoms with van der Waals surface area (Å²) in [5.74, 6) is -0.277. The second kappa shape index (κ2) is 4.58. The van der Waals surface area contributed by atoms with Crippen molar-refractivity contribution in [2.45, 2.75) is 20.0 Å². The van der Waals surface area contributed by atoms with E-state index < -0.39 is 12.1 Å². The lowest BCUT2D eigenvalue weighted by molar-refractivity contribution is -0.156. The quantitative estimate of drug-likeness (QED) is 0.696. The predicted molar refractivity (Wildman–Crippen MR) is 48.7 cm³/mol. The molecule has 0 aromatic carbocycles. The van der Waals surface area contributed by atoms with Crippen LogP contribution in [0.3, 0.4) is 0 Å². The average Bonchev–Trinajstić information content (AvgIpc) is 2.03. The van der Waals surface area contributed by atoms with Crippen LogP contribution in [0.15, 0.2) is 0 Å². The number of ether oxygens (including phenoxy) is 1. The van der Waals surface area contributed by atoms with E-state index in [9.17, 15) is 4.79 Å². The third-order valence-corrected chi connectivity index (χ3v) is 2.05. The zero-order valence-electron chi connectivity index (χ0n) is 8.19. The van der Waals surface area contributed by atoms with E-state index in [4.69, 9.17) is 9.84 Å². The molecular weight excluding hydrogens is 170 g/mol. The number of hydrogen-bond donors (Lipinski definition) is 1. The third-order valence-electron chi connectivity index (χ3n) is 2.05. The van der Waals surface area contributed by atoms with Gasteiger partial charge in [0.2, 0.25) is 0 Å². The summed E-state index contributed by atoms with van der Waals surface area (Å²) in [6.45, 7) is 7.11. The van der Waals surface area contributed by atoms with E-state index in [0.717, 1.165) is 13.1 Å². The molecule has 1 aliphatic rings. The average molecular weight is 187 g/mol. The van der Waals surface area contributed by atoms with Crippen molar-refractivity contribution in [1.29, 1.82) is 0 Å². The summed E-state index contributed by atoms with van der Waals surface area (Å²) >= 11 is 0. The number of carbonyl (C=O) groups is 1. The minimum Gasteiger partial charge on any atom is -0.479 e. The van der Waals surface area contributed by atoms with Crippen molar-refractivity contribution in [2.75, 3.05) is 26.2 Å². The van der Waals surface area contributed by atoms with Crippen LogP contribution in [0.5, 0.6) is 0 Å². The highest BCUT2D eigenvalue weighted by Crippen LogP contribution is 2.07. The zero-order chi connectivity index (χ0) is 9.84. The van der Waals surface area contributed by atoms with Crippen LogP contribution >= 0.6 is 0 Å². The standard InChI is InChI=1S/C9H17NO3/c1-7(2)5-10-3-4-13-8(6-10)9(11)12/h7-8H,3-6H2,1-2H3,(H,11,12)/t8-/m0/s1. The van der Waals surface area contributed by atoms with Crippen molar-refractivity contribution >= 4 is 5.97 Å². The first-order valence-corrected chi connectivity index (χ1v) is 4.66. The number of carboxylic acids is 1. The topological polar surface area (TPSA) is 49.8 Å². The summed E-state index contributed by atoms with van der Waals surface area (Å²) in [6, 6.07) is 0. The van der Waals surface area contributed by atoms with Crippen molar-refractivity contribution in [3.8, 4) is 0 Å². The number of aliphatic carboxylic acids is 1.